The molecule has 110 valence electrons. The molecule has 0 unspecified atom stereocenters. The summed E-state index contributed by atoms with van der Waals surface area (Å²) < 4.78 is 11.2. The third-order valence-corrected chi connectivity index (χ3v) is 3.89. The summed E-state index contributed by atoms with van der Waals surface area (Å²) in [6.45, 7) is 2.71. The molecule has 2 aromatic carbocycles. The minimum atomic E-state index is 0.0438. The number of ketones is 1. The van der Waals surface area contributed by atoms with Gasteiger partial charge >= 0.3 is 0 Å². The largest absolute Gasteiger partial charge is 0.486 e. The zero-order valence-corrected chi connectivity index (χ0v) is 12.2. The average Bonchev–Trinajstić information content (AvgIpc) is 2.94. The Kier molecular flexibility index (Phi) is 2.89. The van der Waals surface area contributed by atoms with Crippen molar-refractivity contribution >= 4 is 16.7 Å². The number of Topliss-reactive ketones (excluding diaryl/α,β-unsaturated/α-hetero) is 1. The van der Waals surface area contributed by atoms with Gasteiger partial charge < -0.3 is 14.5 Å². The van der Waals surface area contributed by atoms with Crippen molar-refractivity contribution in [1.82, 2.24) is 4.98 Å². The number of carbonyl (C=O) groups excluding carboxylic acids is 1. The van der Waals surface area contributed by atoms with Crippen LogP contribution in [0.1, 0.15) is 17.3 Å². The Balaban J connectivity index is 1.94. The first kappa shape index (κ1) is 13.0. The summed E-state index contributed by atoms with van der Waals surface area (Å²) in [5.74, 6) is 1.51. The summed E-state index contributed by atoms with van der Waals surface area (Å²) in [5, 5.41) is 0.944. The number of rotatable bonds is 2. The van der Waals surface area contributed by atoms with Crippen LogP contribution in [0.15, 0.2) is 42.5 Å². The monoisotopic (exact) mass is 293 g/mol. The molecule has 4 rings (SSSR count). The summed E-state index contributed by atoms with van der Waals surface area (Å²) in [6.07, 6.45) is 0. The fraction of sp³-hybridized carbons (Fsp3) is 0.167. The molecule has 0 aliphatic carbocycles. The van der Waals surface area contributed by atoms with E-state index in [9.17, 15) is 4.79 Å². The highest BCUT2D eigenvalue weighted by Crippen LogP contribution is 2.37. The van der Waals surface area contributed by atoms with E-state index in [-0.39, 0.29) is 5.78 Å². The lowest BCUT2D eigenvalue weighted by Crippen LogP contribution is -2.15. The summed E-state index contributed by atoms with van der Waals surface area (Å²) >= 11 is 0. The van der Waals surface area contributed by atoms with Crippen LogP contribution >= 0.6 is 0 Å². The molecule has 0 fully saturated rings. The molecule has 0 saturated carbocycles. The van der Waals surface area contributed by atoms with Crippen molar-refractivity contribution in [3.8, 4) is 22.8 Å². The predicted molar refractivity (Wildman–Crippen MR) is 84.7 cm³/mol. The topological polar surface area (TPSA) is 51.3 Å². The first-order valence-corrected chi connectivity index (χ1v) is 7.26. The zero-order chi connectivity index (χ0) is 15.1. The number of fused-ring (bicyclic) bond motifs is 2. The van der Waals surface area contributed by atoms with Gasteiger partial charge in [-0.15, -0.1) is 0 Å². The lowest BCUT2D eigenvalue weighted by molar-refractivity contribution is 0.102. The van der Waals surface area contributed by atoms with E-state index < -0.39 is 0 Å². The highest BCUT2D eigenvalue weighted by Gasteiger charge is 2.19. The number of nitrogens with one attached hydrogen (secondary N) is 1. The molecule has 0 bridgehead atoms. The Labute approximate surface area is 127 Å². The Morgan fingerprint density at radius 3 is 2.64 bits per heavy atom. The second kappa shape index (κ2) is 4.91. The average molecular weight is 293 g/mol. The molecular weight excluding hydrogens is 278 g/mol. The van der Waals surface area contributed by atoms with Gasteiger partial charge in [0.15, 0.2) is 17.3 Å². The number of benzene rings is 2. The molecule has 1 N–H and O–H groups in total. The number of carbonyl (C=O) groups is 1. The maximum Gasteiger partial charge on any atom is 0.162 e. The van der Waals surface area contributed by atoms with Crippen molar-refractivity contribution in [2.24, 2.45) is 0 Å². The number of hydrogen-bond donors (Lipinski definition) is 1. The van der Waals surface area contributed by atoms with Crippen LogP contribution in [0.5, 0.6) is 11.5 Å². The molecule has 0 spiro atoms. The van der Waals surface area contributed by atoms with Gasteiger partial charge in [0.05, 0.1) is 11.3 Å². The Hall–Kier alpha value is -2.75. The summed E-state index contributed by atoms with van der Waals surface area (Å²) in [4.78, 5) is 15.5. The number of H-pyrrole nitrogens is 1. The molecule has 0 amide bonds. The van der Waals surface area contributed by atoms with Crippen molar-refractivity contribution in [2.45, 2.75) is 6.92 Å². The molecule has 4 nitrogen and oxygen atoms in total. The van der Waals surface area contributed by atoms with Crippen LogP contribution in [0.3, 0.4) is 0 Å². The molecule has 0 atom stereocenters. The number of ether oxygens (including phenoxy) is 2. The van der Waals surface area contributed by atoms with Gasteiger partial charge in [-0.3, -0.25) is 4.79 Å². The Morgan fingerprint density at radius 1 is 1.05 bits per heavy atom. The second-order valence-electron chi connectivity index (χ2n) is 5.34. The van der Waals surface area contributed by atoms with Crippen molar-refractivity contribution in [3.63, 3.8) is 0 Å². The third kappa shape index (κ3) is 1.96. The highest BCUT2D eigenvalue weighted by atomic mass is 16.6. The van der Waals surface area contributed by atoms with Crippen LogP contribution in [0.2, 0.25) is 0 Å². The molecule has 0 radical (unpaired) electrons. The Morgan fingerprint density at radius 2 is 1.82 bits per heavy atom. The summed E-state index contributed by atoms with van der Waals surface area (Å²) in [6, 6.07) is 13.6. The lowest BCUT2D eigenvalue weighted by atomic mass is 10.0. The van der Waals surface area contributed by atoms with Crippen molar-refractivity contribution in [2.75, 3.05) is 13.2 Å². The maximum absolute atomic E-state index is 12.1. The SMILES string of the molecule is CC(=O)c1c(-c2ccc3c(c2)OCCO3)[nH]c2ccccc12. The summed E-state index contributed by atoms with van der Waals surface area (Å²) in [7, 11) is 0. The van der Waals surface area contributed by atoms with Crippen LogP contribution in [0.4, 0.5) is 0 Å². The maximum atomic E-state index is 12.1. The Bertz CT molecular complexity index is 879. The standard InChI is InChI=1S/C18H15NO3/c1-11(20)17-13-4-2-3-5-14(13)19-18(17)12-6-7-15-16(10-12)22-9-8-21-15/h2-7,10,19H,8-9H2,1H3. The summed E-state index contributed by atoms with van der Waals surface area (Å²) in [5.41, 5.74) is 3.42. The van der Waals surface area contributed by atoms with E-state index in [0.717, 1.165) is 33.7 Å². The van der Waals surface area contributed by atoms with Gasteiger partial charge in [0.25, 0.3) is 0 Å². The van der Waals surface area contributed by atoms with Gasteiger partial charge in [0.1, 0.15) is 13.2 Å². The van der Waals surface area contributed by atoms with E-state index in [1.165, 1.54) is 0 Å². The molecule has 1 aliphatic heterocycles. The highest BCUT2D eigenvalue weighted by molar-refractivity contribution is 6.12. The normalized spacial score (nSPS) is 13.3. The fourth-order valence-electron chi connectivity index (χ4n) is 2.92. The molecule has 22 heavy (non-hydrogen) atoms. The van der Waals surface area contributed by atoms with Crippen LogP contribution in [0, 0.1) is 0 Å². The second-order valence-corrected chi connectivity index (χ2v) is 5.34. The molecule has 3 aromatic rings. The predicted octanol–water partition coefficient (Wildman–Crippen LogP) is 3.81. The number of hydrogen-bond acceptors (Lipinski definition) is 3. The molecule has 1 aliphatic rings. The van der Waals surface area contributed by atoms with Crippen molar-refractivity contribution in [3.05, 3.63) is 48.0 Å². The van der Waals surface area contributed by atoms with Crippen LogP contribution < -0.4 is 9.47 Å². The zero-order valence-electron chi connectivity index (χ0n) is 12.2. The van der Waals surface area contributed by atoms with Crippen molar-refractivity contribution < 1.29 is 14.3 Å². The van der Waals surface area contributed by atoms with E-state index in [0.29, 0.717) is 18.8 Å². The quantitative estimate of drug-likeness (QED) is 0.731. The van der Waals surface area contributed by atoms with Gasteiger partial charge in [-0.2, -0.15) is 0 Å². The van der Waals surface area contributed by atoms with Gasteiger partial charge in [0, 0.05) is 16.5 Å². The molecular formula is C18H15NO3. The first-order chi connectivity index (χ1) is 10.7. The fourth-order valence-corrected chi connectivity index (χ4v) is 2.92. The number of para-hydroxylation sites is 1. The van der Waals surface area contributed by atoms with Gasteiger partial charge in [-0.05, 0) is 31.2 Å². The van der Waals surface area contributed by atoms with E-state index in [1.807, 2.05) is 42.5 Å². The minimum Gasteiger partial charge on any atom is -0.486 e. The van der Waals surface area contributed by atoms with Crippen LogP contribution in [-0.4, -0.2) is 24.0 Å². The number of aromatic nitrogens is 1. The smallest absolute Gasteiger partial charge is 0.162 e. The molecule has 1 aromatic heterocycles. The number of aromatic amines is 1. The van der Waals surface area contributed by atoms with Gasteiger partial charge in [0.2, 0.25) is 0 Å². The minimum absolute atomic E-state index is 0.0438. The van der Waals surface area contributed by atoms with Gasteiger partial charge in [-0.25, -0.2) is 0 Å². The van der Waals surface area contributed by atoms with E-state index >= 15 is 0 Å². The molecule has 4 heteroatoms. The molecule has 0 saturated heterocycles. The first-order valence-electron chi connectivity index (χ1n) is 7.26. The van der Waals surface area contributed by atoms with Crippen LogP contribution in [0.25, 0.3) is 22.2 Å². The van der Waals surface area contributed by atoms with Gasteiger partial charge in [-0.1, -0.05) is 18.2 Å². The van der Waals surface area contributed by atoms with E-state index in [1.54, 1.807) is 6.92 Å². The van der Waals surface area contributed by atoms with E-state index in [2.05, 4.69) is 4.98 Å². The third-order valence-electron chi connectivity index (χ3n) is 3.89. The molecule has 2 heterocycles. The lowest BCUT2D eigenvalue weighted by Gasteiger charge is -2.18. The van der Waals surface area contributed by atoms with Crippen molar-refractivity contribution in [1.29, 1.82) is 0 Å². The van der Waals surface area contributed by atoms with E-state index in [4.69, 9.17) is 9.47 Å². The van der Waals surface area contributed by atoms with Crippen LogP contribution in [-0.2, 0) is 0 Å².